The van der Waals surface area contributed by atoms with E-state index in [0.717, 1.165) is 17.7 Å². The molecule has 0 aromatic heterocycles. The zero-order valence-corrected chi connectivity index (χ0v) is 17.7. The molecule has 2 atom stereocenters. The second-order valence-corrected chi connectivity index (χ2v) is 9.65. The number of nitrogens with zero attached hydrogens (tertiary/aromatic N) is 2. The zero-order valence-electron chi connectivity index (χ0n) is 16.9. The molecule has 0 spiro atoms. The van der Waals surface area contributed by atoms with Crippen molar-refractivity contribution in [2.75, 3.05) is 31.1 Å². The van der Waals surface area contributed by atoms with Gasteiger partial charge in [-0.15, -0.1) is 0 Å². The number of piperazine rings is 1. The largest absolute Gasteiger partial charge is 0.480 e. The number of rotatable bonds is 6. The summed E-state index contributed by atoms with van der Waals surface area (Å²) in [5, 5.41) is 9.73. The Kier molecular flexibility index (Phi) is 5.68. The Labute approximate surface area is 183 Å². The molecule has 0 radical (unpaired) electrons. The predicted octanol–water partition coefficient (Wildman–Crippen LogP) is 2.67. The maximum absolute atomic E-state index is 12.9. The molecule has 0 bridgehead atoms. The number of carboxylic acid groups (broad SMARTS) is 1. The third kappa shape index (κ3) is 4.32. The molecule has 2 aliphatic rings. The van der Waals surface area contributed by atoms with Crippen molar-refractivity contribution in [2.45, 2.75) is 24.1 Å². The average Bonchev–Trinajstić information content (AvgIpc) is 3.49. The highest BCUT2D eigenvalue weighted by Gasteiger charge is 2.63. The number of alkyl halides is 3. The van der Waals surface area contributed by atoms with E-state index in [-0.39, 0.29) is 32.6 Å². The second kappa shape index (κ2) is 8.05. The van der Waals surface area contributed by atoms with Gasteiger partial charge in [-0.2, -0.15) is 30.6 Å². The first-order chi connectivity index (χ1) is 15.0. The van der Waals surface area contributed by atoms with E-state index in [9.17, 15) is 31.5 Å². The van der Waals surface area contributed by atoms with Crippen molar-refractivity contribution in [3.8, 4) is 0 Å². The van der Waals surface area contributed by atoms with Gasteiger partial charge in [0.05, 0.1) is 5.56 Å². The van der Waals surface area contributed by atoms with Gasteiger partial charge in [-0.05, 0) is 36.2 Å². The first-order valence-corrected chi connectivity index (χ1v) is 11.5. The van der Waals surface area contributed by atoms with Gasteiger partial charge in [0, 0.05) is 37.8 Å². The van der Waals surface area contributed by atoms with Gasteiger partial charge in [0.15, 0.2) is 0 Å². The fraction of sp³-hybridized carbons (Fsp3) is 0.381. The number of aliphatic carboxylic acids is 1. The number of carbonyl (C=O) groups is 1. The molecule has 2 fully saturated rings. The predicted molar refractivity (Wildman–Crippen MR) is 111 cm³/mol. The van der Waals surface area contributed by atoms with Gasteiger partial charge in [-0.1, -0.05) is 30.3 Å². The lowest BCUT2D eigenvalue weighted by Gasteiger charge is -2.36. The standard InChI is InChI=1S/C21H22F3N3O4S/c22-21(23,24)16-6-8-17(9-7-16)26-10-12-27(13-11-26)32(30,31)25-20(19(28)29)14-18(20)15-4-2-1-3-5-15/h1-9,18,25H,10-14H2,(H,28,29). The number of hydrogen-bond acceptors (Lipinski definition) is 4. The van der Waals surface area contributed by atoms with Crippen molar-refractivity contribution in [1.82, 2.24) is 9.03 Å². The highest BCUT2D eigenvalue weighted by Crippen LogP contribution is 2.52. The maximum atomic E-state index is 12.9. The number of carboxylic acids is 1. The molecule has 2 aromatic carbocycles. The van der Waals surface area contributed by atoms with Crippen LogP contribution in [0.3, 0.4) is 0 Å². The van der Waals surface area contributed by atoms with Gasteiger partial charge in [0.1, 0.15) is 5.54 Å². The van der Waals surface area contributed by atoms with Crippen molar-refractivity contribution in [3.63, 3.8) is 0 Å². The molecule has 1 heterocycles. The number of nitrogens with one attached hydrogen (secondary N) is 1. The normalized spacial score (nSPS) is 24.3. The minimum absolute atomic E-state index is 0.0854. The molecule has 1 aliphatic heterocycles. The van der Waals surface area contributed by atoms with Crippen LogP contribution >= 0.6 is 0 Å². The van der Waals surface area contributed by atoms with Gasteiger partial charge in [-0.25, -0.2) is 0 Å². The smallest absolute Gasteiger partial charge is 0.416 e. The summed E-state index contributed by atoms with van der Waals surface area (Å²) in [7, 11) is -4.07. The Morgan fingerprint density at radius 2 is 1.59 bits per heavy atom. The van der Waals surface area contributed by atoms with E-state index in [1.165, 1.54) is 16.4 Å². The molecule has 32 heavy (non-hydrogen) atoms. The first-order valence-electron chi connectivity index (χ1n) is 10.0. The van der Waals surface area contributed by atoms with E-state index in [0.29, 0.717) is 5.69 Å². The summed E-state index contributed by atoms with van der Waals surface area (Å²) in [5.74, 6) is -1.68. The summed E-state index contributed by atoms with van der Waals surface area (Å²) < 4.78 is 67.7. The van der Waals surface area contributed by atoms with E-state index < -0.39 is 39.4 Å². The second-order valence-electron chi connectivity index (χ2n) is 7.98. The number of benzene rings is 2. The van der Waals surface area contributed by atoms with Crippen LogP contribution in [0.5, 0.6) is 0 Å². The lowest BCUT2D eigenvalue weighted by Crippen LogP contribution is -2.56. The Bertz CT molecular complexity index is 1090. The van der Waals surface area contributed by atoms with E-state index in [1.807, 2.05) is 0 Å². The van der Waals surface area contributed by atoms with E-state index in [4.69, 9.17) is 0 Å². The summed E-state index contributed by atoms with van der Waals surface area (Å²) in [6.45, 7) is 0.715. The van der Waals surface area contributed by atoms with Gasteiger partial charge < -0.3 is 10.0 Å². The highest BCUT2D eigenvalue weighted by atomic mass is 32.2. The Hall–Kier alpha value is -2.63. The van der Waals surface area contributed by atoms with Gasteiger partial charge in [0.2, 0.25) is 0 Å². The van der Waals surface area contributed by atoms with Crippen LogP contribution in [0, 0.1) is 0 Å². The van der Waals surface area contributed by atoms with Crippen LogP contribution in [0.2, 0.25) is 0 Å². The molecule has 11 heteroatoms. The molecule has 172 valence electrons. The minimum Gasteiger partial charge on any atom is -0.480 e. The number of anilines is 1. The molecule has 7 nitrogen and oxygen atoms in total. The Morgan fingerprint density at radius 3 is 2.12 bits per heavy atom. The monoisotopic (exact) mass is 469 g/mol. The van der Waals surface area contributed by atoms with Gasteiger partial charge >= 0.3 is 12.1 Å². The van der Waals surface area contributed by atoms with Crippen LogP contribution in [0.4, 0.5) is 18.9 Å². The molecular formula is C21H22F3N3O4S. The summed E-state index contributed by atoms with van der Waals surface area (Å²) in [4.78, 5) is 13.7. The topological polar surface area (TPSA) is 89.9 Å². The molecule has 2 aromatic rings. The van der Waals surface area contributed by atoms with Crippen LogP contribution in [-0.2, 0) is 21.2 Å². The van der Waals surface area contributed by atoms with Crippen molar-refractivity contribution in [1.29, 1.82) is 0 Å². The lowest BCUT2D eigenvalue weighted by atomic mass is 10.1. The van der Waals surface area contributed by atoms with Crippen molar-refractivity contribution in [3.05, 3.63) is 65.7 Å². The van der Waals surface area contributed by atoms with Crippen molar-refractivity contribution >= 4 is 21.9 Å². The van der Waals surface area contributed by atoms with Crippen molar-refractivity contribution in [2.24, 2.45) is 0 Å². The van der Waals surface area contributed by atoms with E-state index in [1.54, 1.807) is 35.2 Å². The van der Waals surface area contributed by atoms with Crippen LogP contribution in [0.15, 0.2) is 54.6 Å². The van der Waals surface area contributed by atoms with Crippen LogP contribution in [0.1, 0.15) is 23.5 Å². The molecule has 1 aliphatic carbocycles. The quantitative estimate of drug-likeness (QED) is 0.679. The summed E-state index contributed by atoms with van der Waals surface area (Å²) in [5.41, 5.74) is -1.01. The molecule has 2 N–H and O–H groups in total. The number of hydrogen-bond donors (Lipinski definition) is 2. The Morgan fingerprint density at radius 1 is 1.00 bits per heavy atom. The maximum Gasteiger partial charge on any atom is 0.416 e. The zero-order chi connectivity index (χ0) is 23.1. The number of halogens is 3. The van der Waals surface area contributed by atoms with Crippen molar-refractivity contribution < 1.29 is 31.5 Å². The average molecular weight is 469 g/mol. The Balaban J connectivity index is 1.41. The molecule has 2 unspecified atom stereocenters. The highest BCUT2D eigenvalue weighted by molar-refractivity contribution is 7.87. The fourth-order valence-electron chi connectivity index (χ4n) is 4.09. The summed E-state index contributed by atoms with van der Waals surface area (Å²) in [6, 6.07) is 13.6. The third-order valence-corrected chi connectivity index (χ3v) is 7.66. The van der Waals surface area contributed by atoms with E-state index >= 15 is 0 Å². The summed E-state index contributed by atoms with van der Waals surface area (Å²) in [6.07, 6.45) is -4.26. The minimum atomic E-state index is -4.42. The van der Waals surface area contributed by atoms with Gasteiger partial charge in [0.25, 0.3) is 10.2 Å². The van der Waals surface area contributed by atoms with Crippen LogP contribution < -0.4 is 9.62 Å². The van der Waals surface area contributed by atoms with Crippen LogP contribution in [-0.4, -0.2) is 55.5 Å². The first kappa shape index (κ1) is 22.6. The SMILES string of the molecule is O=C(O)C1(NS(=O)(=O)N2CCN(c3ccc(C(F)(F)F)cc3)CC2)CC1c1ccccc1. The van der Waals surface area contributed by atoms with E-state index in [2.05, 4.69) is 4.72 Å². The third-order valence-electron chi connectivity index (χ3n) is 5.99. The lowest BCUT2D eigenvalue weighted by molar-refractivity contribution is -0.140. The molecule has 0 amide bonds. The molecule has 1 saturated carbocycles. The molecule has 1 saturated heterocycles. The summed E-state index contributed by atoms with van der Waals surface area (Å²) >= 11 is 0. The van der Waals surface area contributed by atoms with Gasteiger partial charge in [-0.3, -0.25) is 4.79 Å². The fourth-order valence-corrected chi connectivity index (χ4v) is 5.63. The molecular weight excluding hydrogens is 447 g/mol. The molecule has 4 rings (SSSR count). The van der Waals surface area contributed by atoms with Crippen LogP contribution in [0.25, 0.3) is 0 Å².